The van der Waals surface area contributed by atoms with Gasteiger partial charge in [-0.3, -0.25) is 4.79 Å². The maximum atomic E-state index is 11.0. The molecule has 1 aromatic heterocycles. The van der Waals surface area contributed by atoms with E-state index in [1.807, 2.05) is 0 Å². The summed E-state index contributed by atoms with van der Waals surface area (Å²) in [6, 6.07) is 4.22. The molecule has 1 radical (unpaired) electrons. The van der Waals surface area contributed by atoms with Crippen LogP contribution in [0.3, 0.4) is 0 Å². The van der Waals surface area contributed by atoms with Crippen LogP contribution in [0.2, 0.25) is 0 Å². The van der Waals surface area contributed by atoms with Crippen LogP contribution < -0.4 is 79.3 Å². The van der Waals surface area contributed by atoms with Gasteiger partial charge < -0.3 is 32.4 Å². The molecule has 0 aliphatic rings. The van der Waals surface area contributed by atoms with Crippen molar-refractivity contribution in [3.05, 3.63) is 30.1 Å². The number of benzene rings is 1. The third-order valence-electron chi connectivity index (χ3n) is 2.27. The molecule has 0 saturated heterocycles. The molecule has 0 aliphatic heterocycles. The van der Waals surface area contributed by atoms with Gasteiger partial charge in [0.2, 0.25) is 5.91 Å². The predicted molar refractivity (Wildman–Crippen MR) is 71.4 cm³/mol. The number of anilines is 1. The molecule has 2 aromatic rings. The van der Waals surface area contributed by atoms with E-state index in [1.165, 1.54) is 30.0 Å². The maximum Gasteiger partial charge on any atom is 1.00 e. The second-order valence-electron chi connectivity index (χ2n) is 3.72. The summed E-state index contributed by atoms with van der Waals surface area (Å²) in [7, 11) is 0. The average Bonchev–Trinajstić information content (AvgIpc) is 2.74. The summed E-state index contributed by atoms with van der Waals surface area (Å²) in [6.45, 7) is 1.32. The normalized spacial score (nSPS) is 8.77. The Labute approximate surface area is 265 Å². The van der Waals surface area contributed by atoms with Crippen molar-refractivity contribution < 1.29 is 106 Å². The van der Waals surface area contributed by atoms with Crippen LogP contribution in [0.25, 0.3) is 5.69 Å². The molecule has 0 aliphatic carbocycles. The number of nitrogens with one attached hydrogen (secondary N) is 1. The van der Waals surface area contributed by atoms with Crippen molar-refractivity contribution in [2.45, 2.75) is 12.1 Å². The van der Waals surface area contributed by atoms with Crippen LogP contribution in [0.5, 0.6) is 0 Å². The van der Waals surface area contributed by atoms with Crippen molar-refractivity contribution in [1.29, 1.82) is 0 Å². The van der Waals surface area contributed by atoms with Crippen molar-refractivity contribution in [2.24, 2.45) is 0 Å². The molecule has 1 N–H and O–H groups in total. The van der Waals surface area contributed by atoms with E-state index in [0.717, 1.165) is 0 Å². The molecule has 7 nitrogen and oxygen atoms in total. The van der Waals surface area contributed by atoms with Gasteiger partial charge in [0.05, 0.1) is 5.97 Å². The Balaban J connectivity index is 0. The number of hydrogen-bond acceptors (Lipinski definition) is 6. The molecular formula is C11H8AuCs2N4O3S. The van der Waals surface area contributed by atoms with Crippen LogP contribution >= 0.6 is 0 Å². The summed E-state index contributed by atoms with van der Waals surface area (Å²) < 4.78 is 1.42. The second kappa shape index (κ2) is 12.7. The van der Waals surface area contributed by atoms with Gasteiger partial charge in [0.15, 0.2) is 0 Å². The summed E-state index contributed by atoms with van der Waals surface area (Å²) in [5.41, 5.74) is 0.678. The largest absolute Gasteiger partial charge is 1.00 e. The Hall–Kier alpha value is 2.36. The molecule has 0 atom stereocenters. The molecule has 0 saturated carbocycles. The number of aromatic carboxylic acids is 1. The van der Waals surface area contributed by atoms with Gasteiger partial charge in [-0.2, -0.15) is 5.10 Å². The van der Waals surface area contributed by atoms with E-state index >= 15 is 0 Å². The fraction of sp³-hybridized carbons (Fsp3) is 0.0909. The first-order valence-electron chi connectivity index (χ1n) is 5.19. The van der Waals surface area contributed by atoms with Crippen molar-refractivity contribution in [1.82, 2.24) is 14.8 Å². The van der Waals surface area contributed by atoms with E-state index in [-0.39, 0.29) is 177 Å². The maximum absolute atomic E-state index is 11.0. The van der Waals surface area contributed by atoms with Gasteiger partial charge in [-0.05, 0) is 18.2 Å². The van der Waals surface area contributed by atoms with Crippen molar-refractivity contribution in [3.63, 3.8) is 0 Å². The van der Waals surface area contributed by atoms with Crippen molar-refractivity contribution >= 4 is 99.1 Å². The number of carbonyl (C=O) groups is 2. The summed E-state index contributed by atoms with van der Waals surface area (Å²) in [5, 5.41) is 20.9. The molecule has 2 rings (SSSR count). The number of carboxylic acid groups (broad SMARTS) is 1. The summed E-state index contributed by atoms with van der Waals surface area (Å²) in [6.07, 6.45) is 1.36. The first kappa shape index (κ1) is 26.6. The van der Waals surface area contributed by atoms with Gasteiger partial charge in [0.1, 0.15) is 6.33 Å². The molecule has 1 aromatic carbocycles. The minimum atomic E-state index is -1.35. The minimum absolute atomic E-state index is 0. The van der Waals surface area contributed by atoms with Crippen LogP contribution in [0, 0.1) is 0 Å². The molecular weight excluding hydrogens is 731 g/mol. The molecule has 0 bridgehead atoms. The summed E-state index contributed by atoms with van der Waals surface area (Å²) >= 11 is 4.95. The van der Waals surface area contributed by atoms with Crippen LogP contribution in [0.4, 0.5) is 5.69 Å². The third kappa shape index (κ3) is 7.72. The molecule has 22 heavy (non-hydrogen) atoms. The number of amides is 1. The number of rotatable bonds is 3. The topological polar surface area (TPSA) is 99.9 Å². The van der Waals surface area contributed by atoms with E-state index < -0.39 is 5.97 Å². The SMILES string of the molecule is CC(=O)Nc1cc(C(=O)[O-])cc(-n2cnnc2[S-])c1.[Au+].[Cs+].[Cs]. The predicted octanol–water partition coefficient (Wildman–Crippen LogP) is -3.88. The van der Waals surface area contributed by atoms with E-state index in [0.29, 0.717) is 11.4 Å². The smallest absolute Gasteiger partial charge is 0.740 e. The molecule has 109 valence electrons. The monoisotopic (exact) mass is 739 g/mol. The number of carboxylic acids is 1. The molecule has 0 fully saturated rings. The first-order chi connectivity index (χ1) is 8.97. The van der Waals surface area contributed by atoms with Crippen LogP contribution in [-0.2, 0) is 39.8 Å². The Bertz CT molecular complexity index is 669. The molecule has 0 unspecified atom stereocenters. The quantitative estimate of drug-likeness (QED) is 0.256. The van der Waals surface area contributed by atoms with Gasteiger partial charge in [-0.15, -0.1) is 5.10 Å². The minimum Gasteiger partial charge on any atom is -0.740 e. The zero-order valence-electron chi connectivity index (χ0n) is 12.1. The number of nitrogens with zero attached hydrogens (tertiary/aromatic N) is 3. The van der Waals surface area contributed by atoms with E-state index in [4.69, 9.17) is 12.6 Å². The van der Waals surface area contributed by atoms with Crippen LogP contribution in [0.15, 0.2) is 29.7 Å². The van der Waals surface area contributed by atoms with Crippen LogP contribution in [-0.4, -0.2) is 95.5 Å². The van der Waals surface area contributed by atoms with Crippen LogP contribution in [0.1, 0.15) is 17.3 Å². The number of carbonyl (C=O) groups excluding carboxylic acids is 2. The zero-order valence-corrected chi connectivity index (χ0v) is 27.6. The molecule has 1 amide bonds. The fourth-order valence-electron chi connectivity index (χ4n) is 1.55. The van der Waals surface area contributed by atoms with Gasteiger partial charge in [-0.25, -0.2) is 0 Å². The zero-order chi connectivity index (χ0) is 14.0. The number of hydrogen-bond donors (Lipinski definition) is 1. The van der Waals surface area contributed by atoms with E-state index in [2.05, 4.69) is 15.5 Å². The van der Waals surface area contributed by atoms with E-state index in [9.17, 15) is 14.7 Å². The van der Waals surface area contributed by atoms with E-state index in [1.54, 1.807) is 6.07 Å². The van der Waals surface area contributed by atoms with Gasteiger partial charge in [0, 0.05) is 97.9 Å². The Morgan fingerprint density at radius 3 is 2.41 bits per heavy atom. The van der Waals surface area contributed by atoms with Gasteiger partial charge in [-0.1, -0.05) is 0 Å². The van der Waals surface area contributed by atoms with Crippen molar-refractivity contribution in [2.75, 3.05) is 5.32 Å². The second-order valence-corrected chi connectivity index (χ2v) is 4.09. The van der Waals surface area contributed by atoms with Gasteiger partial charge >= 0.3 is 91.3 Å². The number of aromatic nitrogens is 3. The first-order valence-corrected chi connectivity index (χ1v) is 5.59. The van der Waals surface area contributed by atoms with Crippen molar-refractivity contribution in [3.8, 4) is 5.69 Å². The Morgan fingerprint density at radius 2 is 1.95 bits per heavy atom. The molecule has 11 heteroatoms. The average molecular weight is 739 g/mol. The molecule has 1 heterocycles. The Morgan fingerprint density at radius 1 is 1.32 bits per heavy atom. The Kier molecular flexibility index (Phi) is 15.3. The van der Waals surface area contributed by atoms with Gasteiger partial charge in [0.25, 0.3) is 0 Å². The summed E-state index contributed by atoms with van der Waals surface area (Å²) in [4.78, 5) is 22.0. The fourth-order valence-corrected chi connectivity index (χ4v) is 1.74. The standard InChI is InChI=1S/C11H10N4O3S.Au.2Cs/c1-6(16)13-8-2-7(10(17)18)3-9(4-8)15-5-12-14-11(15)19;;;/h2-5H,1H3,(H,13,16)(H,14,19)(H,17,18);;;/q;+1;;+1/p-2. The summed E-state index contributed by atoms with van der Waals surface area (Å²) in [5.74, 6) is -1.67. The molecule has 0 spiro atoms. The third-order valence-corrected chi connectivity index (χ3v) is 2.55.